The van der Waals surface area contributed by atoms with Gasteiger partial charge in [0.05, 0.1) is 12.7 Å². The van der Waals surface area contributed by atoms with E-state index in [2.05, 4.69) is 10.3 Å². The zero-order valence-electron chi connectivity index (χ0n) is 15.9. The number of ether oxygens (including phenoxy) is 1. The second-order valence-electron chi connectivity index (χ2n) is 6.67. The molecule has 0 spiro atoms. The largest absolute Gasteiger partial charge is 0.493 e. The predicted octanol–water partition coefficient (Wildman–Crippen LogP) is 5.11. The first-order valence-corrected chi connectivity index (χ1v) is 9.31. The molecule has 1 N–H and O–H groups in total. The Hall–Kier alpha value is -3.25. The number of benzene rings is 2. The van der Waals surface area contributed by atoms with Crippen LogP contribution in [-0.2, 0) is 13.0 Å². The lowest BCUT2D eigenvalue weighted by Crippen LogP contribution is -2.17. The molecule has 0 atom stereocenters. The standard InChI is InChI=1S/C23H20F2N2O2/c1-28-21-12-15(14-26-10-8-17-5-2-3-9-27-17)11-16-13-20(29-23(16)21)22-18(24)6-4-7-19(22)25/h2-7,9,11-13,26H,8,10,14H2,1H3. The van der Waals surface area contributed by atoms with Gasteiger partial charge in [0.1, 0.15) is 17.4 Å². The number of halogens is 2. The van der Waals surface area contributed by atoms with Crippen molar-refractivity contribution >= 4 is 11.0 Å². The third-order valence-corrected chi connectivity index (χ3v) is 4.68. The van der Waals surface area contributed by atoms with Gasteiger partial charge >= 0.3 is 0 Å². The van der Waals surface area contributed by atoms with Crippen LogP contribution in [0.5, 0.6) is 5.75 Å². The summed E-state index contributed by atoms with van der Waals surface area (Å²) in [5.41, 5.74) is 2.29. The maximum Gasteiger partial charge on any atom is 0.176 e. The van der Waals surface area contributed by atoms with Gasteiger partial charge in [0, 0.05) is 36.8 Å². The third kappa shape index (κ3) is 4.12. The average molecular weight is 394 g/mol. The molecule has 0 saturated carbocycles. The van der Waals surface area contributed by atoms with Crippen LogP contribution in [0.25, 0.3) is 22.3 Å². The molecule has 0 aliphatic heterocycles. The number of nitrogens with zero attached hydrogens (tertiary/aromatic N) is 1. The fourth-order valence-electron chi connectivity index (χ4n) is 3.29. The molecule has 29 heavy (non-hydrogen) atoms. The van der Waals surface area contributed by atoms with E-state index in [0.717, 1.165) is 29.6 Å². The molecule has 0 unspecified atom stereocenters. The fraction of sp³-hybridized carbons (Fsp3) is 0.174. The van der Waals surface area contributed by atoms with Crippen molar-refractivity contribution in [3.8, 4) is 17.1 Å². The summed E-state index contributed by atoms with van der Waals surface area (Å²) in [5, 5.41) is 4.10. The molecule has 0 saturated heterocycles. The SMILES string of the molecule is COc1cc(CNCCc2ccccn2)cc2cc(-c3c(F)cccc3F)oc12. The summed E-state index contributed by atoms with van der Waals surface area (Å²) < 4.78 is 39.4. The van der Waals surface area contributed by atoms with Crippen LogP contribution in [0.3, 0.4) is 0 Å². The molecular weight excluding hydrogens is 374 g/mol. The summed E-state index contributed by atoms with van der Waals surface area (Å²) >= 11 is 0. The van der Waals surface area contributed by atoms with Gasteiger partial charge in [-0.05, 0) is 48.0 Å². The van der Waals surface area contributed by atoms with Crippen LogP contribution in [0.15, 0.2) is 65.2 Å². The molecule has 0 bridgehead atoms. The maximum absolute atomic E-state index is 14.1. The smallest absolute Gasteiger partial charge is 0.176 e. The monoisotopic (exact) mass is 394 g/mol. The van der Waals surface area contributed by atoms with E-state index in [1.54, 1.807) is 19.4 Å². The van der Waals surface area contributed by atoms with Crippen LogP contribution in [-0.4, -0.2) is 18.6 Å². The number of hydrogen-bond acceptors (Lipinski definition) is 4. The lowest BCUT2D eigenvalue weighted by molar-refractivity contribution is 0.410. The lowest BCUT2D eigenvalue weighted by atomic mass is 10.1. The Kier molecular flexibility index (Phi) is 5.53. The van der Waals surface area contributed by atoms with Crippen molar-refractivity contribution in [2.45, 2.75) is 13.0 Å². The van der Waals surface area contributed by atoms with Crippen molar-refractivity contribution in [1.82, 2.24) is 10.3 Å². The summed E-state index contributed by atoms with van der Waals surface area (Å²) in [4.78, 5) is 4.30. The zero-order valence-corrected chi connectivity index (χ0v) is 15.9. The molecule has 2 aromatic carbocycles. The molecule has 4 rings (SSSR count). The molecule has 0 aliphatic rings. The van der Waals surface area contributed by atoms with Crippen molar-refractivity contribution in [2.24, 2.45) is 0 Å². The molecule has 0 fully saturated rings. The molecule has 4 aromatic rings. The van der Waals surface area contributed by atoms with Gasteiger partial charge in [-0.1, -0.05) is 12.1 Å². The van der Waals surface area contributed by atoms with Crippen LogP contribution < -0.4 is 10.1 Å². The molecule has 0 radical (unpaired) electrons. The highest BCUT2D eigenvalue weighted by molar-refractivity contribution is 5.88. The van der Waals surface area contributed by atoms with Crippen LogP contribution in [0, 0.1) is 11.6 Å². The number of fused-ring (bicyclic) bond motifs is 1. The summed E-state index contributed by atoms with van der Waals surface area (Å²) in [6.45, 7) is 1.39. The third-order valence-electron chi connectivity index (χ3n) is 4.68. The van der Waals surface area contributed by atoms with Gasteiger partial charge in [-0.15, -0.1) is 0 Å². The van der Waals surface area contributed by atoms with E-state index >= 15 is 0 Å². The van der Waals surface area contributed by atoms with Gasteiger partial charge in [-0.25, -0.2) is 8.78 Å². The van der Waals surface area contributed by atoms with Crippen molar-refractivity contribution < 1.29 is 17.9 Å². The molecule has 2 heterocycles. The van der Waals surface area contributed by atoms with E-state index in [4.69, 9.17) is 9.15 Å². The number of furan rings is 1. The van der Waals surface area contributed by atoms with E-state index in [1.807, 2.05) is 30.3 Å². The molecule has 6 heteroatoms. The highest BCUT2D eigenvalue weighted by Crippen LogP contribution is 2.36. The minimum absolute atomic E-state index is 0.133. The molecule has 2 aromatic heterocycles. The van der Waals surface area contributed by atoms with E-state index in [-0.39, 0.29) is 11.3 Å². The predicted molar refractivity (Wildman–Crippen MR) is 108 cm³/mol. The van der Waals surface area contributed by atoms with Gasteiger partial charge in [-0.2, -0.15) is 0 Å². The molecule has 0 amide bonds. The molecule has 148 valence electrons. The Morgan fingerprint density at radius 3 is 2.59 bits per heavy atom. The van der Waals surface area contributed by atoms with Crippen molar-refractivity contribution in [1.29, 1.82) is 0 Å². The Bertz CT molecular complexity index is 1110. The summed E-state index contributed by atoms with van der Waals surface area (Å²) in [7, 11) is 1.54. The summed E-state index contributed by atoms with van der Waals surface area (Å²) in [6, 6.07) is 15.0. The Labute approximate surface area is 167 Å². The lowest BCUT2D eigenvalue weighted by Gasteiger charge is -2.07. The van der Waals surface area contributed by atoms with E-state index < -0.39 is 11.6 Å². The molecular formula is C23H20F2N2O2. The second-order valence-corrected chi connectivity index (χ2v) is 6.67. The van der Waals surface area contributed by atoms with Gasteiger partial charge in [-0.3, -0.25) is 4.98 Å². The zero-order chi connectivity index (χ0) is 20.2. The molecule has 4 nitrogen and oxygen atoms in total. The maximum atomic E-state index is 14.1. The first-order valence-electron chi connectivity index (χ1n) is 9.31. The fourth-order valence-corrected chi connectivity index (χ4v) is 3.29. The quantitative estimate of drug-likeness (QED) is 0.442. The van der Waals surface area contributed by atoms with Gasteiger partial charge < -0.3 is 14.5 Å². The summed E-state index contributed by atoms with van der Waals surface area (Å²) in [6.07, 6.45) is 2.60. The van der Waals surface area contributed by atoms with E-state index in [9.17, 15) is 8.78 Å². The van der Waals surface area contributed by atoms with Crippen molar-refractivity contribution in [3.63, 3.8) is 0 Å². The minimum Gasteiger partial charge on any atom is -0.493 e. The highest BCUT2D eigenvalue weighted by atomic mass is 19.1. The molecule has 0 aliphatic carbocycles. The normalized spacial score (nSPS) is 11.1. The Balaban J connectivity index is 1.55. The van der Waals surface area contributed by atoms with Gasteiger partial charge in [0.2, 0.25) is 0 Å². The topological polar surface area (TPSA) is 47.3 Å². The van der Waals surface area contributed by atoms with Crippen LogP contribution in [0.1, 0.15) is 11.3 Å². The van der Waals surface area contributed by atoms with E-state index in [0.29, 0.717) is 17.9 Å². The average Bonchev–Trinajstić information content (AvgIpc) is 3.15. The van der Waals surface area contributed by atoms with Gasteiger partial charge in [0.25, 0.3) is 0 Å². The number of rotatable bonds is 7. The number of methoxy groups -OCH3 is 1. The summed E-state index contributed by atoms with van der Waals surface area (Å²) in [5.74, 6) is -0.681. The van der Waals surface area contributed by atoms with Crippen LogP contribution >= 0.6 is 0 Å². The van der Waals surface area contributed by atoms with Gasteiger partial charge in [0.15, 0.2) is 11.3 Å². The Morgan fingerprint density at radius 1 is 1.03 bits per heavy atom. The van der Waals surface area contributed by atoms with Crippen molar-refractivity contribution in [2.75, 3.05) is 13.7 Å². The van der Waals surface area contributed by atoms with Crippen LogP contribution in [0.4, 0.5) is 8.78 Å². The minimum atomic E-state index is -0.667. The van der Waals surface area contributed by atoms with Crippen molar-refractivity contribution in [3.05, 3.63) is 83.7 Å². The number of pyridine rings is 1. The van der Waals surface area contributed by atoms with E-state index in [1.165, 1.54) is 18.2 Å². The number of hydrogen-bond donors (Lipinski definition) is 1. The number of aromatic nitrogens is 1. The Morgan fingerprint density at radius 2 is 1.86 bits per heavy atom. The first-order chi connectivity index (χ1) is 14.2. The number of nitrogens with one attached hydrogen (secondary N) is 1. The van der Waals surface area contributed by atoms with Crippen LogP contribution in [0.2, 0.25) is 0 Å². The highest BCUT2D eigenvalue weighted by Gasteiger charge is 2.18. The first kappa shape index (κ1) is 19.1. The second kappa shape index (κ2) is 8.41.